The second-order valence-corrected chi connectivity index (χ2v) is 5.72. The van der Waals surface area contributed by atoms with Crippen LogP contribution in [0.25, 0.3) is 5.78 Å². The third kappa shape index (κ3) is 2.33. The Hall–Kier alpha value is -1.40. The molecule has 108 valence electrons. The molecule has 0 aliphatic heterocycles. The molecule has 1 saturated carbocycles. The highest BCUT2D eigenvalue weighted by molar-refractivity contribution is 6.30. The summed E-state index contributed by atoms with van der Waals surface area (Å²) in [7, 11) is 0. The molecule has 7 heteroatoms. The zero-order valence-corrected chi connectivity index (χ0v) is 12.1. The first-order chi connectivity index (χ1) is 9.70. The van der Waals surface area contributed by atoms with Crippen molar-refractivity contribution in [2.24, 2.45) is 11.8 Å². The standard InChI is InChI=1S/C13H18ClN5O/c1-8-11(14)18-13-16-7-17-19(13)12(8)15-5-9-3-2-4-10(9)6-20/h7,9-10,15,20H,2-6H2,1H3. The van der Waals surface area contributed by atoms with Crippen LogP contribution in [0.1, 0.15) is 24.8 Å². The van der Waals surface area contributed by atoms with Crippen molar-refractivity contribution in [3.63, 3.8) is 0 Å². The van der Waals surface area contributed by atoms with E-state index in [0.29, 0.717) is 22.8 Å². The number of aliphatic hydroxyl groups is 1. The average Bonchev–Trinajstić information content (AvgIpc) is 3.07. The molecule has 2 N–H and O–H groups in total. The number of anilines is 1. The van der Waals surface area contributed by atoms with Crippen LogP contribution in [0.2, 0.25) is 5.15 Å². The molecule has 2 aromatic heterocycles. The van der Waals surface area contributed by atoms with Crippen LogP contribution >= 0.6 is 11.6 Å². The van der Waals surface area contributed by atoms with Gasteiger partial charge in [-0.2, -0.15) is 19.6 Å². The summed E-state index contributed by atoms with van der Waals surface area (Å²) in [4.78, 5) is 8.25. The van der Waals surface area contributed by atoms with Crippen LogP contribution in [0, 0.1) is 18.8 Å². The van der Waals surface area contributed by atoms with Crippen molar-refractivity contribution in [2.45, 2.75) is 26.2 Å². The predicted octanol–water partition coefficient (Wildman–Crippen LogP) is 1.91. The van der Waals surface area contributed by atoms with Crippen LogP contribution < -0.4 is 5.32 Å². The van der Waals surface area contributed by atoms with E-state index in [1.807, 2.05) is 6.92 Å². The molecule has 0 aromatic carbocycles. The van der Waals surface area contributed by atoms with E-state index in [0.717, 1.165) is 30.8 Å². The molecule has 3 rings (SSSR count). The minimum absolute atomic E-state index is 0.265. The molecule has 2 heterocycles. The summed E-state index contributed by atoms with van der Waals surface area (Å²) in [6.45, 7) is 2.99. The van der Waals surface area contributed by atoms with Gasteiger partial charge in [0.05, 0.1) is 0 Å². The number of aliphatic hydroxyl groups excluding tert-OH is 1. The predicted molar refractivity (Wildman–Crippen MR) is 76.9 cm³/mol. The molecule has 0 radical (unpaired) electrons. The molecular weight excluding hydrogens is 278 g/mol. The molecule has 0 spiro atoms. The normalized spacial score (nSPS) is 22.6. The Kier molecular flexibility index (Phi) is 3.76. The molecule has 0 bridgehead atoms. The Morgan fingerprint density at radius 3 is 3.05 bits per heavy atom. The third-order valence-corrected chi connectivity index (χ3v) is 4.56. The minimum atomic E-state index is 0.265. The van der Waals surface area contributed by atoms with Gasteiger partial charge in [0, 0.05) is 18.7 Å². The van der Waals surface area contributed by atoms with Crippen molar-refractivity contribution < 1.29 is 5.11 Å². The summed E-state index contributed by atoms with van der Waals surface area (Å²) in [5.74, 6) is 2.21. The number of nitrogens with one attached hydrogen (secondary N) is 1. The van der Waals surface area contributed by atoms with Gasteiger partial charge in [0.1, 0.15) is 17.3 Å². The molecule has 0 amide bonds. The Labute approximate surface area is 122 Å². The largest absolute Gasteiger partial charge is 0.396 e. The molecule has 1 aliphatic rings. The first kappa shape index (κ1) is 13.6. The molecule has 1 fully saturated rings. The first-order valence-electron chi connectivity index (χ1n) is 6.91. The van der Waals surface area contributed by atoms with Gasteiger partial charge in [0.15, 0.2) is 0 Å². The van der Waals surface area contributed by atoms with Crippen LogP contribution in [-0.2, 0) is 0 Å². The van der Waals surface area contributed by atoms with Gasteiger partial charge in [-0.15, -0.1) is 0 Å². The molecule has 0 saturated heterocycles. The van der Waals surface area contributed by atoms with Crippen molar-refractivity contribution in [1.29, 1.82) is 0 Å². The highest BCUT2D eigenvalue weighted by atomic mass is 35.5. The number of aromatic nitrogens is 4. The van der Waals surface area contributed by atoms with Crippen molar-refractivity contribution >= 4 is 23.2 Å². The number of nitrogens with zero attached hydrogens (tertiary/aromatic N) is 4. The molecule has 2 atom stereocenters. The Morgan fingerprint density at radius 1 is 1.45 bits per heavy atom. The molecular formula is C13H18ClN5O. The maximum Gasteiger partial charge on any atom is 0.255 e. The van der Waals surface area contributed by atoms with Gasteiger partial charge in [-0.25, -0.2) is 0 Å². The lowest BCUT2D eigenvalue weighted by molar-refractivity contribution is 0.199. The van der Waals surface area contributed by atoms with Crippen LogP contribution in [0.15, 0.2) is 6.33 Å². The summed E-state index contributed by atoms with van der Waals surface area (Å²) < 4.78 is 1.67. The van der Waals surface area contributed by atoms with Gasteiger partial charge in [-0.3, -0.25) is 0 Å². The molecule has 2 unspecified atom stereocenters. The Balaban J connectivity index is 1.83. The second kappa shape index (κ2) is 5.54. The van der Waals surface area contributed by atoms with Crippen molar-refractivity contribution in [3.05, 3.63) is 17.0 Å². The quantitative estimate of drug-likeness (QED) is 0.843. The lowest BCUT2D eigenvalue weighted by Gasteiger charge is -2.19. The maximum atomic E-state index is 9.38. The van der Waals surface area contributed by atoms with E-state index in [9.17, 15) is 5.11 Å². The number of hydrogen-bond donors (Lipinski definition) is 2. The van der Waals surface area contributed by atoms with E-state index in [1.54, 1.807) is 4.52 Å². The van der Waals surface area contributed by atoms with Gasteiger partial charge in [0.25, 0.3) is 5.78 Å². The number of fused-ring (bicyclic) bond motifs is 1. The summed E-state index contributed by atoms with van der Waals surface area (Å²) in [6.07, 6.45) is 4.91. The van der Waals surface area contributed by atoms with E-state index < -0.39 is 0 Å². The minimum Gasteiger partial charge on any atom is -0.396 e. The Morgan fingerprint density at radius 2 is 2.25 bits per heavy atom. The third-order valence-electron chi connectivity index (χ3n) is 4.19. The van der Waals surface area contributed by atoms with E-state index >= 15 is 0 Å². The number of rotatable bonds is 4. The number of halogens is 1. The maximum absolute atomic E-state index is 9.38. The second-order valence-electron chi connectivity index (χ2n) is 5.36. The van der Waals surface area contributed by atoms with Gasteiger partial charge < -0.3 is 10.4 Å². The van der Waals surface area contributed by atoms with Gasteiger partial charge in [0.2, 0.25) is 0 Å². The highest BCUT2D eigenvalue weighted by Gasteiger charge is 2.26. The fourth-order valence-corrected chi connectivity index (χ4v) is 3.12. The molecule has 1 aliphatic carbocycles. The van der Waals surface area contributed by atoms with Crippen LogP contribution in [0.3, 0.4) is 0 Å². The number of hydrogen-bond acceptors (Lipinski definition) is 5. The molecule has 20 heavy (non-hydrogen) atoms. The SMILES string of the molecule is Cc1c(Cl)nc2ncnn2c1NCC1CCCC1CO. The summed E-state index contributed by atoms with van der Waals surface area (Å²) in [6, 6.07) is 0. The van der Waals surface area contributed by atoms with E-state index in [1.165, 1.54) is 12.7 Å². The van der Waals surface area contributed by atoms with E-state index in [4.69, 9.17) is 11.6 Å². The van der Waals surface area contributed by atoms with Crippen LogP contribution in [0.5, 0.6) is 0 Å². The summed E-state index contributed by atoms with van der Waals surface area (Å²) in [5.41, 5.74) is 0.864. The summed E-state index contributed by atoms with van der Waals surface area (Å²) in [5, 5.41) is 17.4. The van der Waals surface area contributed by atoms with Gasteiger partial charge in [-0.1, -0.05) is 18.0 Å². The zero-order valence-electron chi connectivity index (χ0n) is 11.4. The smallest absolute Gasteiger partial charge is 0.255 e. The zero-order chi connectivity index (χ0) is 14.1. The van der Waals surface area contributed by atoms with Crippen molar-refractivity contribution in [2.75, 3.05) is 18.5 Å². The first-order valence-corrected chi connectivity index (χ1v) is 7.29. The fraction of sp³-hybridized carbons (Fsp3) is 0.615. The van der Waals surface area contributed by atoms with E-state index in [2.05, 4.69) is 20.4 Å². The van der Waals surface area contributed by atoms with Gasteiger partial charge >= 0.3 is 0 Å². The fourth-order valence-electron chi connectivity index (χ4n) is 2.96. The van der Waals surface area contributed by atoms with Crippen molar-refractivity contribution in [1.82, 2.24) is 19.6 Å². The van der Waals surface area contributed by atoms with Crippen LogP contribution in [-0.4, -0.2) is 37.8 Å². The van der Waals surface area contributed by atoms with Gasteiger partial charge in [-0.05, 0) is 31.6 Å². The lowest BCUT2D eigenvalue weighted by atomic mass is 9.97. The topological polar surface area (TPSA) is 75.3 Å². The van der Waals surface area contributed by atoms with Crippen molar-refractivity contribution in [3.8, 4) is 0 Å². The monoisotopic (exact) mass is 295 g/mol. The average molecular weight is 296 g/mol. The Bertz CT molecular complexity index is 614. The summed E-state index contributed by atoms with van der Waals surface area (Å²) >= 11 is 6.13. The highest BCUT2D eigenvalue weighted by Crippen LogP contribution is 2.32. The van der Waals surface area contributed by atoms with Crippen LogP contribution in [0.4, 0.5) is 5.82 Å². The molecule has 6 nitrogen and oxygen atoms in total. The molecule has 2 aromatic rings. The van der Waals surface area contributed by atoms with E-state index in [-0.39, 0.29) is 6.61 Å². The lowest BCUT2D eigenvalue weighted by Crippen LogP contribution is -2.22.